The molecule has 0 saturated carbocycles. The van der Waals surface area contributed by atoms with E-state index in [1.807, 2.05) is 23.9 Å². The molecule has 1 unspecified atom stereocenters. The van der Waals surface area contributed by atoms with Gasteiger partial charge in [-0.05, 0) is 17.7 Å². The Hall–Kier alpha value is -0.670. The van der Waals surface area contributed by atoms with E-state index < -0.39 is 0 Å². The topological polar surface area (TPSA) is 15.6 Å². The van der Waals surface area contributed by atoms with Crippen molar-refractivity contribution in [3.8, 4) is 0 Å². The van der Waals surface area contributed by atoms with Crippen LogP contribution in [-0.4, -0.2) is 29.7 Å². The van der Waals surface area contributed by atoms with Crippen LogP contribution in [-0.2, 0) is 0 Å². The summed E-state index contributed by atoms with van der Waals surface area (Å²) in [5.41, 5.74) is 1.35. The summed E-state index contributed by atoms with van der Waals surface area (Å²) in [5, 5.41) is 2.55. The fraction of sp³-hybridized carbons (Fsp3) is 0.364. The minimum absolute atomic E-state index is 0.529. The van der Waals surface area contributed by atoms with Crippen LogP contribution in [0.3, 0.4) is 0 Å². The molecule has 2 nitrogen and oxygen atoms in total. The standard InChI is InChI=1S/C11H11ClN2S/c12-9-3-1-8(2-4-9)10-7-14-6-5-13-11(14)15-10/h1-4,10H,5-7H2. The van der Waals surface area contributed by atoms with Crippen LogP contribution in [0.2, 0.25) is 5.02 Å². The molecule has 0 N–H and O–H groups in total. The van der Waals surface area contributed by atoms with Gasteiger partial charge in [-0.3, -0.25) is 4.99 Å². The third-order valence-electron chi connectivity index (χ3n) is 2.76. The third-order valence-corrected chi connectivity index (χ3v) is 4.32. The Morgan fingerprint density at radius 2 is 2.13 bits per heavy atom. The molecule has 0 aliphatic carbocycles. The Kier molecular flexibility index (Phi) is 2.37. The Morgan fingerprint density at radius 1 is 1.33 bits per heavy atom. The average molecular weight is 239 g/mol. The summed E-state index contributed by atoms with van der Waals surface area (Å²) in [6, 6.07) is 8.15. The minimum atomic E-state index is 0.529. The molecule has 0 aromatic heterocycles. The molecule has 15 heavy (non-hydrogen) atoms. The quantitative estimate of drug-likeness (QED) is 0.748. The first-order valence-corrected chi connectivity index (χ1v) is 6.30. The largest absolute Gasteiger partial charge is 0.348 e. The van der Waals surface area contributed by atoms with Gasteiger partial charge in [0.15, 0.2) is 5.17 Å². The van der Waals surface area contributed by atoms with E-state index in [-0.39, 0.29) is 0 Å². The zero-order valence-corrected chi connectivity index (χ0v) is 9.76. The third kappa shape index (κ3) is 1.74. The van der Waals surface area contributed by atoms with E-state index in [2.05, 4.69) is 22.0 Å². The average Bonchev–Trinajstić information content (AvgIpc) is 2.78. The molecule has 0 amide bonds. The molecular formula is C11H11ClN2S. The molecule has 3 rings (SSSR count). The van der Waals surface area contributed by atoms with Gasteiger partial charge in [-0.25, -0.2) is 0 Å². The van der Waals surface area contributed by atoms with E-state index in [0.717, 1.165) is 24.7 Å². The lowest BCUT2D eigenvalue weighted by molar-refractivity contribution is 0.476. The Balaban J connectivity index is 1.82. The van der Waals surface area contributed by atoms with E-state index >= 15 is 0 Å². The summed E-state index contributed by atoms with van der Waals surface area (Å²) in [4.78, 5) is 6.84. The van der Waals surface area contributed by atoms with Gasteiger partial charge in [0, 0.05) is 18.1 Å². The summed E-state index contributed by atoms with van der Waals surface area (Å²) in [6.07, 6.45) is 0. The van der Waals surface area contributed by atoms with Crippen LogP contribution >= 0.6 is 23.4 Å². The number of halogens is 1. The Bertz CT molecular complexity index is 402. The Morgan fingerprint density at radius 3 is 2.87 bits per heavy atom. The van der Waals surface area contributed by atoms with E-state index in [0.29, 0.717) is 5.25 Å². The number of nitrogens with zero attached hydrogens (tertiary/aromatic N) is 2. The molecule has 0 bridgehead atoms. The van der Waals surface area contributed by atoms with Crippen LogP contribution < -0.4 is 0 Å². The highest BCUT2D eigenvalue weighted by atomic mass is 35.5. The van der Waals surface area contributed by atoms with E-state index in [1.54, 1.807) is 0 Å². The zero-order chi connectivity index (χ0) is 10.3. The molecule has 1 aromatic rings. The van der Waals surface area contributed by atoms with Gasteiger partial charge in [0.25, 0.3) is 0 Å². The van der Waals surface area contributed by atoms with Crippen molar-refractivity contribution in [2.45, 2.75) is 5.25 Å². The van der Waals surface area contributed by atoms with Gasteiger partial charge < -0.3 is 4.90 Å². The summed E-state index contributed by atoms with van der Waals surface area (Å²) in [6.45, 7) is 3.15. The number of fused-ring (bicyclic) bond motifs is 1. The zero-order valence-electron chi connectivity index (χ0n) is 8.19. The maximum atomic E-state index is 5.87. The number of aliphatic imine (C=N–C) groups is 1. The molecule has 1 fully saturated rings. The normalized spacial score (nSPS) is 24.2. The number of amidine groups is 1. The van der Waals surface area contributed by atoms with Gasteiger partial charge in [0.2, 0.25) is 0 Å². The van der Waals surface area contributed by atoms with Gasteiger partial charge in [0.05, 0.1) is 11.8 Å². The predicted molar refractivity (Wildman–Crippen MR) is 65.7 cm³/mol. The fourth-order valence-corrected chi connectivity index (χ4v) is 3.37. The highest BCUT2D eigenvalue weighted by Crippen LogP contribution is 2.39. The maximum Gasteiger partial charge on any atom is 0.160 e. The lowest BCUT2D eigenvalue weighted by atomic mass is 10.1. The monoisotopic (exact) mass is 238 g/mol. The van der Waals surface area contributed by atoms with Crippen molar-refractivity contribution < 1.29 is 0 Å². The molecule has 1 atom stereocenters. The second-order valence-corrected chi connectivity index (χ2v) is 5.37. The molecule has 2 aliphatic rings. The van der Waals surface area contributed by atoms with Crippen molar-refractivity contribution >= 4 is 28.5 Å². The lowest BCUT2D eigenvalue weighted by Gasteiger charge is -2.11. The highest BCUT2D eigenvalue weighted by Gasteiger charge is 2.31. The van der Waals surface area contributed by atoms with Gasteiger partial charge in [-0.15, -0.1) is 0 Å². The van der Waals surface area contributed by atoms with Crippen LogP contribution in [0.1, 0.15) is 10.8 Å². The van der Waals surface area contributed by atoms with E-state index in [9.17, 15) is 0 Å². The van der Waals surface area contributed by atoms with Crippen LogP contribution in [0.4, 0.5) is 0 Å². The van der Waals surface area contributed by atoms with Crippen LogP contribution in [0.25, 0.3) is 0 Å². The SMILES string of the molecule is Clc1ccc(C2CN3CCN=C3S2)cc1. The van der Waals surface area contributed by atoms with Gasteiger partial charge in [-0.1, -0.05) is 35.5 Å². The van der Waals surface area contributed by atoms with Crippen LogP contribution in [0, 0.1) is 0 Å². The van der Waals surface area contributed by atoms with Gasteiger partial charge in [-0.2, -0.15) is 0 Å². The van der Waals surface area contributed by atoms with Crippen molar-refractivity contribution in [3.63, 3.8) is 0 Å². The highest BCUT2D eigenvalue weighted by molar-refractivity contribution is 8.14. The molecule has 0 radical (unpaired) electrons. The molecule has 2 aliphatic heterocycles. The van der Waals surface area contributed by atoms with Crippen molar-refractivity contribution in [3.05, 3.63) is 34.9 Å². The van der Waals surface area contributed by atoms with Gasteiger partial charge in [0.1, 0.15) is 0 Å². The molecule has 4 heteroatoms. The summed E-state index contributed by atoms with van der Waals surface area (Å²) < 4.78 is 0. The lowest BCUT2D eigenvalue weighted by Crippen LogP contribution is -2.21. The first kappa shape index (κ1) is 9.55. The molecule has 1 aromatic carbocycles. The molecule has 1 saturated heterocycles. The summed E-state index contributed by atoms with van der Waals surface area (Å²) >= 11 is 7.75. The second-order valence-electron chi connectivity index (χ2n) is 3.77. The van der Waals surface area contributed by atoms with Crippen molar-refractivity contribution in [1.29, 1.82) is 0 Å². The minimum Gasteiger partial charge on any atom is -0.348 e. The number of hydrogen-bond acceptors (Lipinski definition) is 3. The number of thioether (sulfide) groups is 1. The first-order chi connectivity index (χ1) is 7.33. The second kappa shape index (κ2) is 3.72. The number of hydrogen-bond donors (Lipinski definition) is 0. The number of benzene rings is 1. The van der Waals surface area contributed by atoms with Crippen molar-refractivity contribution in [2.24, 2.45) is 4.99 Å². The molecular weight excluding hydrogens is 228 g/mol. The van der Waals surface area contributed by atoms with Crippen molar-refractivity contribution in [2.75, 3.05) is 19.6 Å². The van der Waals surface area contributed by atoms with Crippen LogP contribution in [0.5, 0.6) is 0 Å². The maximum absolute atomic E-state index is 5.87. The van der Waals surface area contributed by atoms with Gasteiger partial charge >= 0.3 is 0 Å². The summed E-state index contributed by atoms with van der Waals surface area (Å²) in [5.74, 6) is 0. The summed E-state index contributed by atoms with van der Waals surface area (Å²) in [7, 11) is 0. The van der Waals surface area contributed by atoms with Crippen molar-refractivity contribution in [1.82, 2.24) is 4.90 Å². The van der Waals surface area contributed by atoms with E-state index in [4.69, 9.17) is 11.6 Å². The Labute approximate surface area is 98.3 Å². The molecule has 0 spiro atoms. The fourth-order valence-electron chi connectivity index (χ4n) is 1.96. The smallest absolute Gasteiger partial charge is 0.160 e. The van der Waals surface area contributed by atoms with E-state index in [1.165, 1.54) is 10.7 Å². The molecule has 2 heterocycles. The molecule has 78 valence electrons. The predicted octanol–water partition coefficient (Wildman–Crippen LogP) is 2.80. The number of rotatable bonds is 1. The first-order valence-electron chi connectivity index (χ1n) is 5.04. The van der Waals surface area contributed by atoms with Crippen LogP contribution in [0.15, 0.2) is 29.3 Å².